The number of hydrogen-bond acceptors (Lipinski definition) is 7. The van der Waals surface area contributed by atoms with Gasteiger partial charge in [-0.2, -0.15) is 0 Å². The maximum absolute atomic E-state index is 13.0. The summed E-state index contributed by atoms with van der Waals surface area (Å²) >= 11 is 0. The van der Waals surface area contributed by atoms with Gasteiger partial charge in [0.25, 0.3) is 0 Å². The lowest BCUT2D eigenvalue weighted by Gasteiger charge is -2.41. The van der Waals surface area contributed by atoms with E-state index in [-0.39, 0.29) is 56.1 Å². The standard InChI is InChI=1S/C33H44N2O4.C18H18O3.2C2H6.2H2O.2H2/c1-3-4-22-39-33(38)35-30-20-16-26(17-21-30)31(25-14-18-29(19-15-25)34-23(2)36)24-10-12-28(13-11-24)32(37)27-8-6-5-7-9-27;1-2-6-16(19)13-21-17-11-9-15(10-12-17)18(20)14-7-4-3-5-8-14;2*1-2;;;;/h5-13,25-26,29-31H,3-4,14-22H2,1-2H3,(H,34,36)(H,35,38);2-12,16,19H,13H2,1H3;2*1-2H3;2*1H2;2*1H/b;6-2-;;;;;;. The van der Waals surface area contributed by atoms with Crippen LogP contribution in [0.5, 0.6) is 5.75 Å². The fraction of sp³-hybridized carbons (Fsp3) is 0.455. The van der Waals surface area contributed by atoms with Crippen LogP contribution in [-0.4, -0.2) is 71.0 Å². The van der Waals surface area contributed by atoms with Gasteiger partial charge in [0.05, 0.1) is 6.61 Å². The van der Waals surface area contributed by atoms with Crippen LogP contribution in [0.1, 0.15) is 159 Å². The predicted molar refractivity (Wildman–Crippen MR) is 271 cm³/mol. The third kappa shape index (κ3) is 19.5. The molecule has 11 heteroatoms. The molecule has 2 atom stereocenters. The van der Waals surface area contributed by atoms with Gasteiger partial charge in [0.2, 0.25) is 5.91 Å². The van der Waals surface area contributed by atoms with E-state index in [1.165, 1.54) is 5.56 Å². The smallest absolute Gasteiger partial charge is 0.407 e. The van der Waals surface area contributed by atoms with Crippen molar-refractivity contribution in [2.24, 2.45) is 11.8 Å². The Kier molecular flexibility index (Phi) is 29.1. The molecule has 0 bridgehead atoms. The monoisotopic (exact) mass is 915 g/mol. The maximum Gasteiger partial charge on any atom is 0.407 e. The number of ether oxygens (including phenoxy) is 2. The topological polar surface area (TPSA) is 194 Å². The lowest BCUT2D eigenvalue weighted by atomic mass is 9.66. The summed E-state index contributed by atoms with van der Waals surface area (Å²) in [6.07, 6.45) is 12.6. The van der Waals surface area contributed by atoms with E-state index in [0.29, 0.717) is 52.4 Å². The second-order valence-electron chi connectivity index (χ2n) is 16.0. The van der Waals surface area contributed by atoms with Gasteiger partial charge in [-0.3, -0.25) is 14.4 Å². The first-order valence-electron chi connectivity index (χ1n) is 23.7. The highest BCUT2D eigenvalue weighted by atomic mass is 16.5. The lowest BCUT2D eigenvalue weighted by Crippen LogP contribution is -2.40. The molecule has 0 radical (unpaired) electrons. The minimum Gasteiger partial charge on any atom is -0.491 e. The Hall–Kier alpha value is -5.62. The van der Waals surface area contributed by atoms with E-state index in [1.54, 1.807) is 55.5 Å². The summed E-state index contributed by atoms with van der Waals surface area (Å²) in [5, 5.41) is 15.7. The largest absolute Gasteiger partial charge is 0.491 e. The average molecular weight is 915 g/mol. The van der Waals surface area contributed by atoms with Gasteiger partial charge < -0.3 is 36.2 Å². The number of alkyl carbamates (subject to hydrolysis) is 1. The summed E-state index contributed by atoms with van der Waals surface area (Å²) in [4.78, 5) is 49.0. The number of ketones is 2. The Morgan fingerprint density at radius 3 is 1.50 bits per heavy atom. The summed E-state index contributed by atoms with van der Waals surface area (Å²) in [7, 11) is 0. The Balaban J connectivity index is 0. The van der Waals surface area contributed by atoms with Gasteiger partial charge in [-0.15, -0.1) is 0 Å². The molecule has 2 fully saturated rings. The van der Waals surface area contributed by atoms with Crippen LogP contribution in [0, 0.1) is 11.8 Å². The molecule has 66 heavy (non-hydrogen) atoms. The van der Waals surface area contributed by atoms with Crippen LogP contribution in [0.15, 0.2) is 121 Å². The molecular weight excluding hydrogens is 833 g/mol. The fourth-order valence-corrected chi connectivity index (χ4v) is 8.51. The molecule has 366 valence electrons. The summed E-state index contributed by atoms with van der Waals surface area (Å²) in [5.41, 5.74) is 4.00. The first kappa shape index (κ1) is 58.4. The van der Waals surface area contributed by atoms with Crippen molar-refractivity contribution in [3.63, 3.8) is 0 Å². The number of nitrogens with one attached hydrogen (secondary N) is 2. The first-order valence-corrected chi connectivity index (χ1v) is 23.7. The number of benzene rings is 4. The van der Waals surface area contributed by atoms with Crippen molar-refractivity contribution < 1.29 is 47.6 Å². The van der Waals surface area contributed by atoms with Gasteiger partial charge in [-0.05, 0) is 112 Å². The van der Waals surface area contributed by atoms with E-state index >= 15 is 0 Å². The average Bonchev–Trinajstić information content (AvgIpc) is 3.34. The fourth-order valence-electron chi connectivity index (χ4n) is 8.51. The number of aliphatic hydroxyl groups excluding tert-OH is 1. The van der Waals surface area contributed by atoms with Crippen LogP contribution in [0.3, 0.4) is 0 Å². The molecule has 0 aromatic heterocycles. The van der Waals surface area contributed by atoms with Crippen molar-refractivity contribution in [2.75, 3.05) is 13.2 Å². The van der Waals surface area contributed by atoms with Gasteiger partial charge >= 0.3 is 6.09 Å². The Morgan fingerprint density at radius 1 is 0.652 bits per heavy atom. The Morgan fingerprint density at radius 2 is 1.08 bits per heavy atom. The van der Waals surface area contributed by atoms with Gasteiger partial charge in [0.1, 0.15) is 18.5 Å². The normalized spacial score (nSPS) is 18.2. The number of aliphatic hydroxyl groups is 1. The molecule has 0 heterocycles. The van der Waals surface area contributed by atoms with Gasteiger partial charge in [0, 0.05) is 44.1 Å². The number of carbonyl (C=O) groups excluding carboxylic acids is 4. The highest BCUT2D eigenvalue weighted by molar-refractivity contribution is 6.09. The molecule has 2 aliphatic rings. The molecule has 2 saturated carbocycles. The first-order chi connectivity index (χ1) is 31.1. The zero-order chi connectivity index (χ0) is 46.7. The van der Waals surface area contributed by atoms with E-state index in [2.05, 4.69) is 29.7 Å². The zero-order valence-corrected chi connectivity index (χ0v) is 40.4. The lowest BCUT2D eigenvalue weighted by molar-refractivity contribution is -0.119. The van der Waals surface area contributed by atoms with Crippen molar-refractivity contribution in [2.45, 2.75) is 137 Å². The molecule has 4 aromatic carbocycles. The van der Waals surface area contributed by atoms with Crippen LogP contribution >= 0.6 is 0 Å². The van der Waals surface area contributed by atoms with E-state index < -0.39 is 6.10 Å². The predicted octanol–water partition coefficient (Wildman–Crippen LogP) is 10.9. The van der Waals surface area contributed by atoms with Crippen molar-refractivity contribution in [3.05, 3.63) is 149 Å². The molecular formula is C55H82N2O9. The molecule has 0 spiro atoms. The molecule has 2 aliphatic carbocycles. The van der Waals surface area contributed by atoms with E-state index in [0.717, 1.165) is 64.2 Å². The summed E-state index contributed by atoms with van der Waals surface area (Å²) in [6.45, 7) is 14.2. The molecule has 6 rings (SSSR count). The Bertz CT molecular complexity index is 1970. The van der Waals surface area contributed by atoms with Gasteiger partial charge in [-0.1, -0.05) is 138 Å². The number of allylic oxidation sites excluding steroid dienone is 1. The Labute approximate surface area is 397 Å². The van der Waals surface area contributed by atoms with Crippen molar-refractivity contribution in [1.29, 1.82) is 0 Å². The second-order valence-corrected chi connectivity index (χ2v) is 16.0. The zero-order valence-electron chi connectivity index (χ0n) is 40.4. The number of rotatable bonds is 16. The van der Waals surface area contributed by atoms with Crippen LogP contribution in [-0.2, 0) is 9.53 Å². The number of amides is 2. The molecule has 0 saturated heterocycles. The summed E-state index contributed by atoms with van der Waals surface area (Å²) < 4.78 is 10.8. The number of carbonyl (C=O) groups is 4. The summed E-state index contributed by atoms with van der Waals surface area (Å²) in [6, 6.07) is 34.2. The third-order valence-electron chi connectivity index (χ3n) is 11.6. The molecule has 2 unspecified atom stereocenters. The molecule has 2 amide bonds. The SMILES string of the molecule is C/C=C\C(O)COc1ccc(C(=O)c2ccccc2)cc1.CC.CC.CCCCOC(=O)NC1CCC(C(c2ccc(C(=O)c3ccccc3)cc2)C2CCC(NC(C)=O)CC2)CC1.O.O.[HH].[HH]. The van der Waals surface area contributed by atoms with E-state index in [1.807, 2.05) is 95.3 Å². The maximum atomic E-state index is 13.0. The molecule has 7 N–H and O–H groups in total. The quantitative estimate of drug-likeness (QED) is 0.0565. The minimum atomic E-state index is -0.624. The van der Waals surface area contributed by atoms with Gasteiger partial charge in [0.15, 0.2) is 11.6 Å². The van der Waals surface area contributed by atoms with Crippen molar-refractivity contribution in [1.82, 2.24) is 10.6 Å². The van der Waals surface area contributed by atoms with E-state index in [4.69, 9.17) is 9.47 Å². The van der Waals surface area contributed by atoms with Crippen molar-refractivity contribution in [3.8, 4) is 5.75 Å². The van der Waals surface area contributed by atoms with Gasteiger partial charge in [-0.25, -0.2) is 4.79 Å². The number of unbranched alkanes of at least 4 members (excludes halogenated alkanes) is 1. The van der Waals surface area contributed by atoms with Crippen LogP contribution in [0.2, 0.25) is 0 Å². The van der Waals surface area contributed by atoms with Crippen LogP contribution in [0.25, 0.3) is 0 Å². The third-order valence-corrected chi connectivity index (χ3v) is 11.6. The number of hydrogen-bond donors (Lipinski definition) is 3. The minimum absolute atomic E-state index is 0. The van der Waals surface area contributed by atoms with Crippen LogP contribution in [0.4, 0.5) is 4.79 Å². The molecule has 4 aromatic rings. The molecule has 11 nitrogen and oxygen atoms in total. The molecule has 0 aliphatic heterocycles. The van der Waals surface area contributed by atoms with Crippen LogP contribution < -0.4 is 15.4 Å². The highest BCUT2D eigenvalue weighted by Crippen LogP contribution is 2.46. The van der Waals surface area contributed by atoms with Crippen molar-refractivity contribution >= 4 is 23.6 Å². The van der Waals surface area contributed by atoms with E-state index in [9.17, 15) is 24.3 Å². The second kappa shape index (κ2) is 32.9. The highest BCUT2D eigenvalue weighted by Gasteiger charge is 2.36. The summed E-state index contributed by atoms with van der Waals surface area (Å²) in [5.74, 6) is 2.18.